The first-order chi connectivity index (χ1) is 8.54. The van der Waals surface area contributed by atoms with Crippen LogP contribution in [0.4, 0.5) is 0 Å². The number of carbonyl (C=O) groups is 2. The third-order valence-electron chi connectivity index (χ3n) is 2.28. The minimum absolute atomic E-state index is 0.207. The van der Waals surface area contributed by atoms with Crippen LogP contribution in [0.3, 0.4) is 0 Å². The molecule has 0 saturated heterocycles. The molecule has 0 amide bonds. The van der Waals surface area contributed by atoms with Crippen LogP contribution in [0.2, 0.25) is 0 Å². The van der Waals surface area contributed by atoms with Crippen molar-refractivity contribution in [1.82, 2.24) is 9.97 Å². The topological polar surface area (TPSA) is 150 Å². The van der Waals surface area contributed by atoms with Crippen LogP contribution in [-0.2, 0) is 20.7 Å². The Morgan fingerprint density at radius 3 is 2.56 bits per heavy atom. The lowest BCUT2D eigenvalue weighted by Crippen LogP contribution is -2.41. The normalized spacial score (nSPS) is 13.9. The first kappa shape index (κ1) is 14.3. The molecule has 0 spiro atoms. The van der Waals surface area contributed by atoms with E-state index in [9.17, 15) is 9.59 Å². The van der Waals surface area contributed by atoms with Crippen molar-refractivity contribution in [3.8, 4) is 0 Å². The minimum Gasteiger partial charge on any atom is -0.391 e. The minimum atomic E-state index is -0.945. The molecule has 2 atom stereocenters. The van der Waals surface area contributed by atoms with Crippen molar-refractivity contribution in [2.75, 3.05) is 6.54 Å². The second kappa shape index (κ2) is 6.84. The highest BCUT2D eigenvalue weighted by Gasteiger charge is 2.23. The Labute approximate surface area is 104 Å². The molecule has 1 aromatic heterocycles. The summed E-state index contributed by atoms with van der Waals surface area (Å²) in [6.07, 6.45) is 3.46. The van der Waals surface area contributed by atoms with Crippen molar-refractivity contribution in [2.24, 2.45) is 17.2 Å². The number of nitrogens with two attached hydrogens (primary N) is 3. The second-order valence-corrected chi connectivity index (χ2v) is 3.81. The van der Waals surface area contributed by atoms with Crippen LogP contribution in [0.1, 0.15) is 12.1 Å². The number of H-pyrrole nitrogens is 1. The molecule has 0 bridgehead atoms. The van der Waals surface area contributed by atoms with Crippen molar-refractivity contribution in [3.05, 3.63) is 18.2 Å². The van der Waals surface area contributed by atoms with Gasteiger partial charge in [-0.2, -0.15) is 0 Å². The number of aromatic nitrogens is 2. The van der Waals surface area contributed by atoms with Gasteiger partial charge >= 0.3 is 11.9 Å². The molecule has 18 heavy (non-hydrogen) atoms. The molecule has 100 valence electrons. The zero-order valence-corrected chi connectivity index (χ0v) is 9.83. The van der Waals surface area contributed by atoms with Gasteiger partial charge in [0.15, 0.2) is 0 Å². The van der Waals surface area contributed by atoms with Crippen molar-refractivity contribution < 1.29 is 14.3 Å². The highest BCUT2D eigenvalue weighted by Crippen LogP contribution is 2.00. The monoisotopic (exact) mass is 255 g/mol. The van der Waals surface area contributed by atoms with Crippen LogP contribution in [0.25, 0.3) is 0 Å². The lowest BCUT2D eigenvalue weighted by Gasteiger charge is -2.12. The number of carbonyl (C=O) groups excluding carboxylic acids is 2. The first-order valence-corrected chi connectivity index (χ1v) is 5.48. The molecule has 1 heterocycles. The van der Waals surface area contributed by atoms with E-state index >= 15 is 0 Å². The van der Waals surface area contributed by atoms with E-state index < -0.39 is 24.0 Å². The highest BCUT2D eigenvalue weighted by atomic mass is 16.6. The van der Waals surface area contributed by atoms with E-state index in [0.29, 0.717) is 5.69 Å². The van der Waals surface area contributed by atoms with Gasteiger partial charge in [-0.1, -0.05) is 0 Å². The molecule has 0 aliphatic heterocycles. The molecule has 1 aromatic rings. The number of hydrogen-bond donors (Lipinski definition) is 4. The molecule has 8 heteroatoms. The van der Waals surface area contributed by atoms with E-state index in [-0.39, 0.29) is 19.4 Å². The Bertz CT molecular complexity index is 392. The maximum Gasteiger partial charge on any atom is 0.330 e. The molecular formula is C10H17N5O3. The van der Waals surface area contributed by atoms with E-state index in [0.717, 1.165) is 0 Å². The van der Waals surface area contributed by atoms with Crippen molar-refractivity contribution in [1.29, 1.82) is 0 Å². The lowest BCUT2D eigenvalue weighted by atomic mass is 10.2. The van der Waals surface area contributed by atoms with Gasteiger partial charge in [0.1, 0.15) is 12.1 Å². The Morgan fingerprint density at radius 1 is 1.33 bits per heavy atom. The van der Waals surface area contributed by atoms with Gasteiger partial charge in [-0.3, -0.25) is 0 Å². The molecule has 7 N–H and O–H groups in total. The number of esters is 2. The van der Waals surface area contributed by atoms with E-state index in [2.05, 4.69) is 14.7 Å². The van der Waals surface area contributed by atoms with E-state index in [4.69, 9.17) is 17.2 Å². The molecule has 0 aliphatic rings. The number of imidazole rings is 1. The number of hydrogen-bond acceptors (Lipinski definition) is 7. The van der Waals surface area contributed by atoms with E-state index in [1.165, 1.54) is 12.5 Å². The zero-order valence-electron chi connectivity index (χ0n) is 9.83. The zero-order chi connectivity index (χ0) is 13.5. The third kappa shape index (κ3) is 4.24. The maximum atomic E-state index is 11.5. The van der Waals surface area contributed by atoms with Gasteiger partial charge in [0, 0.05) is 18.3 Å². The molecule has 1 rings (SSSR count). The Balaban J connectivity index is 2.42. The third-order valence-corrected chi connectivity index (χ3v) is 2.28. The number of nitrogens with one attached hydrogen (secondary N) is 1. The van der Waals surface area contributed by atoms with Crippen LogP contribution in [0.5, 0.6) is 0 Å². The fourth-order valence-electron chi connectivity index (χ4n) is 1.26. The summed E-state index contributed by atoms with van der Waals surface area (Å²) in [7, 11) is 0. The van der Waals surface area contributed by atoms with Gasteiger partial charge in [-0.25, -0.2) is 14.6 Å². The Hall–Kier alpha value is -1.77. The lowest BCUT2D eigenvalue weighted by molar-refractivity contribution is -0.161. The van der Waals surface area contributed by atoms with E-state index in [1.54, 1.807) is 0 Å². The molecule has 0 radical (unpaired) electrons. The molecule has 1 unspecified atom stereocenters. The summed E-state index contributed by atoms with van der Waals surface area (Å²) in [5.41, 5.74) is 17.0. The standard InChI is InChI=1S/C10H17N5O3/c11-2-1-7(12)9(16)18-10(17)8(13)3-6-4-14-5-15-6/h4-5,7-8H,1-3,11-13H2,(H,14,15)/t7?,8-/m0/s1. The van der Waals surface area contributed by atoms with Crippen molar-refractivity contribution in [3.63, 3.8) is 0 Å². The van der Waals surface area contributed by atoms with Gasteiger partial charge in [0.25, 0.3) is 0 Å². The van der Waals surface area contributed by atoms with Crippen LogP contribution < -0.4 is 17.2 Å². The SMILES string of the molecule is NCCC(N)C(=O)OC(=O)[C@@H](N)Cc1cnc[nH]1. The average Bonchev–Trinajstić information content (AvgIpc) is 2.81. The predicted octanol–water partition coefficient (Wildman–Crippen LogP) is -1.97. The van der Waals surface area contributed by atoms with Gasteiger partial charge in [-0.05, 0) is 13.0 Å². The Morgan fingerprint density at radius 2 is 2.00 bits per heavy atom. The Kier molecular flexibility index (Phi) is 5.43. The van der Waals surface area contributed by atoms with Crippen LogP contribution in [0, 0.1) is 0 Å². The van der Waals surface area contributed by atoms with Crippen molar-refractivity contribution >= 4 is 11.9 Å². The molecule has 0 aromatic carbocycles. The van der Waals surface area contributed by atoms with Gasteiger partial charge in [0.05, 0.1) is 6.33 Å². The average molecular weight is 255 g/mol. The van der Waals surface area contributed by atoms with E-state index in [1.807, 2.05) is 0 Å². The predicted molar refractivity (Wildman–Crippen MR) is 63.0 cm³/mol. The summed E-state index contributed by atoms with van der Waals surface area (Å²) in [5.74, 6) is -1.63. The fourth-order valence-corrected chi connectivity index (χ4v) is 1.26. The van der Waals surface area contributed by atoms with Gasteiger partial charge in [-0.15, -0.1) is 0 Å². The van der Waals surface area contributed by atoms with Crippen LogP contribution >= 0.6 is 0 Å². The first-order valence-electron chi connectivity index (χ1n) is 5.48. The van der Waals surface area contributed by atoms with Gasteiger partial charge < -0.3 is 26.9 Å². The van der Waals surface area contributed by atoms with Gasteiger partial charge in [0.2, 0.25) is 0 Å². The quantitative estimate of drug-likeness (QED) is 0.340. The highest BCUT2D eigenvalue weighted by molar-refractivity contribution is 5.90. The largest absolute Gasteiger partial charge is 0.391 e. The molecule has 0 aliphatic carbocycles. The van der Waals surface area contributed by atoms with Crippen molar-refractivity contribution in [2.45, 2.75) is 24.9 Å². The summed E-state index contributed by atoms with van der Waals surface area (Å²) in [6.45, 7) is 0.241. The van der Waals surface area contributed by atoms with Crippen LogP contribution in [0.15, 0.2) is 12.5 Å². The second-order valence-electron chi connectivity index (χ2n) is 3.81. The summed E-state index contributed by atoms with van der Waals surface area (Å²) in [4.78, 5) is 29.4. The summed E-state index contributed by atoms with van der Waals surface area (Å²) in [6, 6.07) is -1.85. The maximum absolute atomic E-state index is 11.5. The van der Waals surface area contributed by atoms with Crippen LogP contribution in [-0.4, -0.2) is 40.5 Å². The molecule has 0 fully saturated rings. The number of aromatic amines is 1. The summed E-state index contributed by atoms with van der Waals surface area (Å²) < 4.78 is 4.56. The molecule has 8 nitrogen and oxygen atoms in total. The number of nitrogens with zero attached hydrogens (tertiary/aromatic N) is 1. The molecular weight excluding hydrogens is 238 g/mol. The summed E-state index contributed by atoms with van der Waals surface area (Å²) >= 11 is 0. The fraction of sp³-hybridized carbons (Fsp3) is 0.500. The smallest absolute Gasteiger partial charge is 0.330 e. The molecule has 0 saturated carbocycles. The number of ether oxygens (including phenoxy) is 1. The summed E-state index contributed by atoms with van der Waals surface area (Å²) in [5, 5.41) is 0. The number of rotatable bonds is 6.